The molecule has 0 fully saturated rings. The van der Waals surface area contributed by atoms with Gasteiger partial charge in [0, 0.05) is 12.1 Å². The Morgan fingerprint density at radius 3 is 2.63 bits per heavy atom. The van der Waals surface area contributed by atoms with Crippen LogP contribution in [0.2, 0.25) is 0 Å². The van der Waals surface area contributed by atoms with Gasteiger partial charge in [0.15, 0.2) is 0 Å². The highest BCUT2D eigenvalue weighted by molar-refractivity contribution is 5.60. The van der Waals surface area contributed by atoms with Gasteiger partial charge in [-0.25, -0.2) is 0 Å². The molecule has 1 atom stereocenters. The summed E-state index contributed by atoms with van der Waals surface area (Å²) >= 11 is 0. The SMILES string of the molecule is C=CCCC(C)Nc1cc(OCC)ccc1OCC. The third kappa shape index (κ3) is 5.25. The number of hydrogen-bond acceptors (Lipinski definition) is 3. The minimum atomic E-state index is 0.370. The zero-order valence-corrected chi connectivity index (χ0v) is 12.2. The Bertz CT molecular complexity index is 390. The molecule has 19 heavy (non-hydrogen) atoms. The number of allylic oxidation sites excluding steroid dienone is 1. The van der Waals surface area contributed by atoms with Gasteiger partial charge in [-0.3, -0.25) is 0 Å². The number of rotatable bonds is 9. The zero-order valence-electron chi connectivity index (χ0n) is 12.2. The van der Waals surface area contributed by atoms with Crippen molar-refractivity contribution in [3.8, 4) is 11.5 Å². The van der Waals surface area contributed by atoms with Crippen LogP contribution < -0.4 is 14.8 Å². The van der Waals surface area contributed by atoms with E-state index in [1.807, 2.05) is 38.1 Å². The van der Waals surface area contributed by atoms with Crippen LogP contribution in [0, 0.1) is 0 Å². The van der Waals surface area contributed by atoms with Gasteiger partial charge in [-0.1, -0.05) is 6.08 Å². The van der Waals surface area contributed by atoms with Gasteiger partial charge in [0.2, 0.25) is 0 Å². The van der Waals surface area contributed by atoms with Gasteiger partial charge in [-0.15, -0.1) is 6.58 Å². The van der Waals surface area contributed by atoms with Crippen molar-refractivity contribution in [3.63, 3.8) is 0 Å². The molecule has 3 heteroatoms. The summed E-state index contributed by atoms with van der Waals surface area (Å²) in [6, 6.07) is 6.26. The van der Waals surface area contributed by atoms with Crippen molar-refractivity contribution in [2.24, 2.45) is 0 Å². The average Bonchev–Trinajstić information content (AvgIpc) is 2.40. The molecule has 0 saturated heterocycles. The van der Waals surface area contributed by atoms with E-state index >= 15 is 0 Å². The molecule has 0 heterocycles. The lowest BCUT2D eigenvalue weighted by Crippen LogP contribution is -2.15. The molecule has 106 valence electrons. The fraction of sp³-hybridized carbons (Fsp3) is 0.500. The number of benzene rings is 1. The second kappa shape index (κ2) is 8.46. The van der Waals surface area contributed by atoms with Gasteiger partial charge in [-0.2, -0.15) is 0 Å². The quantitative estimate of drug-likeness (QED) is 0.676. The van der Waals surface area contributed by atoms with Crippen LogP contribution in [0.5, 0.6) is 11.5 Å². The van der Waals surface area contributed by atoms with Crippen molar-refractivity contribution >= 4 is 5.69 Å². The summed E-state index contributed by atoms with van der Waals surface area (Å²) in [6.07, 6.45) is 4.00. The summed E-state index contributed by atoms with van der Waals surface area (Å²) < 4.78 is 11.2. The van der Waals surface area contributed by atoms with E-state index in [0.717, 1.165) is 30.0 Å². The monoisotopic (exact) mass is 263 g/mol. The highest BCUT2D eigenvalue weighted by Crippen LogP contribution is 2.30. The Hall–Kier alpha value is -1.64. The predicted molar refractivity (Wildman–Crippen MR) is 81.3 cm³/mol. The number of nitrogens with one attached hydrogen (secondary N) is 1. The Kier molecular flexibility index (Phi) is 6.86. The fourth-order valence-electron chi connectivity index (χ4n) is 1.87. The minimum absolute atomic E-state index is 0.370. The zero-order chi connectivity index (χ0) is 14.1. The maximum absolute atomic E-state index is 5.64. The predicted octanol–water partition coefficient (Wildman–Crippen LogP) is 4.25. The molecule has 0 aliphatic rings. The van der Waals surface area contributed by atoms with Gasteiger partial charge in [0.25, 0.3) is 0 Å². The molecule has 1 N–H and O–H groups in total. The summed E-state index contributed by atoms with van der Waals surface area (Å²) in [5, 5.41) is 3.48. The molecule has 3 nitrogen and oxygen atoms in total. The second-order valence-electron chi connectivity index (χ2n) is 4.44. The summed E-state index contributed by atoms with van der Waals surface area (Å²) in [5.74, 6) is 1.74. The van der Waals surface area contributed by atoms with E-state index in [4.69, 9.17) is 9.47 Å². The number of anilines is 1. The van der Waals surface area contributed by atoms with Gasteiger partial charge < -0.3 is 14.8 Å². The van der Waals surface area contributed by atoms with Crippen LogP contribution in [-0.4, -0.2) is 19.3 Å². The fourth-order valence-corrected chi connectivity index (χ4v) is 1.87. The third-order valence-corrected chi connectivity index (χ3v) is 2.77. The van der Waals surface area contributed by atoms with Crippen LogP contribution in [-0.2, 0) is 0 Å². The molecule has 1 aromatic rings. The van der Waals surface area contributed by atoms with Crippen molar-refractivity contribution in [2.75, 3.05) is 18.5 Å². The van der Waals surface area contributed by atoms with Crippen molar-refractivity contribution in [2.45, 2.75) is 39.7 Å². The lowest BCUT2D eigenvalue weighted by atomic mass is 10.1. The highest BCUT2D eigenvalue weighted by Gasteiger charge is 2.08. The van der Waals surface area contributed by atoms with E-state index in [1.54, 1.807) is 0 Å². The Labute approximate surface area is 116 Å². The van der Waals surface area contributed by atoms with Crippen LogP contribution in [0.4, 0.5) is 5.69 Å². The lowest BCUT2D eigenvalue weighted by molar-refractivity contribution is 0.331. The van der Waals surface area contributed by atoms with Crippen LogP contribution in [0.1, 0.15) is 33.6 Å². The average molecular weight is 263 g/mol. The van der Waals surface area contributed by atoms with Crippen molar-refractivity contribution < 1.29 is 9.47 Å². The highest BCUT2D eigenvalue weighted by atomic mass is 16.5. The molecular formula is C16H25NO2. The van der Waals surface area contributed by atoms with Crippen LogP contribution in [0.3, 0.4) is 0 Å². The molecule has 0 saturated carbocycles. The smallest absolute Gasteiger partial charge is 0.142 e. The van der Waals surface area contributed by atoms with Gasteiger partial charge in [0.1, 0.15) is 11.5 Å². The number of hydrogen-bond donors (Lipinski definition) is 1. The van der Waals surface area contributed by atoms with E-state index in [2.05, 4.69) is 18.8 Å². The molecule has 0 bridgehead atoms. The molecule has 0 amide bonds. The van der Waals surface area contributed by atoms with E-state index in [-0.39, 0.29) is 0 Å². The van der Waals surface area contributed by atoms with E-state index in [9.17, 15) is 0 Å². The van der Waals surface area contributed by atoms with E-state index in [1.165, 1.54) is 0 Å². The maximum Gasteiger partial charge on any atom is 0.142 e. The molecule has 0 aliphatic heterocycles. The Balaban J connectivity index is 2.80. The molecule has 0 aromatic heterocycles. The summed E-state index contributed by atoms with van der Waals surface area (Å²) in [4.78, 5) is 0. The molecule has 0 aliphatic carbocycles. The normalized spacial score (nSPS) is 11.7. The largest absolute Gasteiger partial charge is 0.494 e. The number of ether oxygens (including phenoxy) is 2. The Morgan fingerprint density at radius 1 is 1.26 bits per heavy atom. The van der Waals surface area contributed by atoms with Gasteiger partial charge in [0.05, 0.1) is 18.9 Å². The molecule has 1 rings (SSSR count). The topological polar surface area (TPSA) is 30.5 Å². The minimum Gasteiger partial charge on any atom is -0.494 e. The van der Waals surface area contributed by atoms with Crippen LogP contribution in [0.15, 0.2) is 30.9 Å². The lowest BCUT2D eigenvalue weighted by Gasteiger charge is -2.18. The van der Waals surface area contributed by atoms with Crippen molar-refractivity contribution in [1.82, 2.24) is 0 Å². The summed E-state index contributed by atoms with van der Waals surface area (Å²) in [6.45, 7) is 11.2. The van der Waals surface area contributed by atoms with Crippen LogP contribution >= 0.6 is 0 Å². The Morgan fingerprint density at radius 2 is 2.00 bits per heavy atom. The first-order chi connectivity index (χ1) is 9.21. The van der Waals surface area contributed by atoms with Crippen LogP contribution in [0.25, 0.3) is 0 Å². The standard InChI is InChI=1S/C16H25NO2/c1-5-8-9-13(4)17-15-12-14(18-6-2)10-11-16(15)19-7-3/h5,10-13,17H,1,6-9H2,2-4H3. The van der Waals surface area contributed by atoms with Crippen molar-refractivity contribution in [1.29, 1.82) is 0 Å². The van der Waals surface area contributed by atoms with E-state index < -0.39 is 0 Å². The molecular weight excluding hydrogens is 238 g/mol. The van der Waals surface area contributed by atoms with E-state index in [0.29, 0.717) is 19.3 Å². The molecule has 0 spiro atoms. The van der Waals surface area contributed by atoms with Gasteiger partial charge in [-0.05, 0) is 45.7 Å². The molecule has 0 radical (unpaired) electrons. The summed E-state index contributed by atoms with van der Waals surface area (Å²) in [7, 11) is 0. The third-order valence-electron chi connectivity index (χ3n) is 2.77. The molecule has 1 unspecified atom stereocenters. The first kappa shape index (κ1) is 15.4. The molecule has 1 aromatic carbocycles. The maximum atomic E-state index is 5.64. The second-order valence-corrected chi connectivity index (χ2v) is 4.44. The first-order valence-electron chi connectivity index (χ1n) is 6.98. The van der Waals surface area contributed by atoms with Crippen molar-refractivity contribution in [3.05, 3.63) is 30.9 Å². The summed E-state index contributed by atoms with van der Waals surface area (Å²) in [5.41, 5.74) is 0.990. The first-order valence-corrected chi connectivity index (χ1v) is 6.98. The van der Waals surface area contributed by atoms with Gasteiger partial charge >= 0.3 is 0 Å².